The molecule has 3 amide bonds. The van der Waals surface area contributed by atoms with E-state index in [1.807, 2.05) is 36.9 Å². The van der Waals surface area contributed by atoms with Crippen molar-refractivity contribution in [2.24, 2.45) is 11.7 Å². The Labute approximate surface area is 163 Å². The number of nitrogens with zero attached hydrogens (tertiary/aromatic N) is 3. The fourth-order valence-corrected chi connectivity index (χ4v) is 4.40. The molecule has 3 rings (SSSR count). The maximum atomic E-state index is 12.8. The highest BCUT2D eigenvalue weighted by molar-refractivity contribution is 7.18. The zero-order chi connectivity index (χ0) is 19.4. The molecule has 1 aromatic carbocycles. The molecule has 1 aromatic heterocycles. The third kappa shape index (κ3) is 5.17. The lowest BCUT2D eigenvalue weighted by atomic mass is 10.0. The van der Waals surface area contributed by atoms with E-state index in [4.69, 9.17) is 5.73 Å². The van der Waals surface area contributed by atoms with Gasteiger partial charge in [-0.25, -0.2) is 9.78 Å². The average Bonchev–Trinajstić information content (AvgIpc) is 3.02. The Kier molecular flexibility index (Phi) is 6.28. The number of amides is 3. The van der Waals surface area contributed by atoms with Gasteiger partial charge < -0.3 is 16.0 Å². The first-order valence-corrected chi connectivity index (χ1v) is 10.2. The molecule has 2 heterocycles. The van der Waals surface area contributed by atoms with Crippen molar-refractivity contribution in [3.8, 4) is 0 Å². The second kappa shape index (κ2) is 8.67. The Morgan fingerprint density at radius 3 is 2.56 bits per heavy atom. The summed E-state index contributed by atoms with van der Waals surface area (Å²) in [5.41, 5.74) is 6.28. The normalized spacial score (nSPS) is 16.6. The van der Waals surface area contributed by atoms with Gasteiger partial charge in [-0.05, 0) is 24.5 Å². The van der Waals surface area contributed by atoms with Crippen LogP contribution in [0.1, 0.15) is 25.3 Å². The number of hydrogen-bond donors (Lipinski definition) is 2. The quantitative estimate of drug-likeness (QED) is 0.791. The van der Waals surface area contributed by atoms with Crippen LogP contribution in [0.15, 0.2) is 24.3 Å². The molecule has 0 bridgehead atoms. The molecule has 1 aliphatic heterocycles. The Morgan fingerprint density at radius 2 is 1.93 bits per heavy atom. The number of para-hydroxylation sites is 1. The standard InChI is InChI=1S/C19H27N5O2S/c1-13(2)11-15(22-19(20)26)18(25)24-9-7-23(8-10-24)12-17-21-14-5-3-4-6-16(14)27-17/h3-6,13,15H,7-12H2,1-2H3,(H3,20,22,26)/t15-/m0/s1. The van der Waals surface area contributed by atoms with Crippen LogP contribution in [-0.2, 0) is 11.3 Å². The second-order valence-electron chi connectivity index (χ2n) is 7.37. The largest absolute Gasteiger partial charge is 0.352 e. The predicted molar refractivity (Wildman–Crippen MR) is 107 cm³/mol. The van der Waals surface area contributed by atoms with E-state index in [2.05, 4.69) is 21.3 Å². The molecule has 27 heavy (non-hydrogen) atoms. The van der Waals surface area contributed by atoms with Gasteiger partial charge in [0.1, 0.15) is 11.0 Å². The van der Waals surface area contributed by atoms with Gasteiger partial charge >= 0.3 is 6.03 Å². The van der Waals surface area contributed by atoms with E-state index in [1.54, 1.807) is 11.3 Å². The lowest BCUT2D eigenvalue weighted by molar-refractivity contribution is -0.135. The van der Waals surface area contributed by atoms with Gasteiger partial charge in [0.25, 0.3) is 0 Å². The highest BCUT2D eigenvalue weighted by atomic mass is 32.1. The Hall–Kier alpha value is -2.19. The number of nitrogens with one attached hydrogen (secondary N) is 1. The molecule has 1 aliphatic rings. The van der Waals surface area contributed by atoms with Crippen LogP contribution < -0.4 is 11.1 Å². The Bertz CT molecular complexity index is 765. The highest BCUT2D eigenvalue weighted by Gasteiger charge is 2.29. The molecule has 0 radical (unpaired) electrons. The summed E-state index contributed by atoms with van der Waals surface area (Å²) >= 11 is 1.72. The first-order valence-electron chi connectivity index (χ1n) is 9.34. The number of primary amides is 1. The predicted octanol–water partition coefficient (Wildman–Crippen LogP) is 2.02. The molecular formula is C19H27N5O2S. The zero-order valence-electron chi connectivity index (χ0n) is 15.9. The molecular weight excluding hydrogens is 362 g/mol. The fourth-order valence-electron chi connectivity index (χ4n) is 3.39. The number of fused-ring (bicyclic) bond motifs is 1. The minimum Gasteiger partial charge on any atom is -0.352 e. The van der Waals surface area contributed by atoms with E-state index in [0.717, 1.165) is 30.2 Å². The number of hydrogen-bond acceptors (Lipinski definition) is 5. The van der Waals surface area contributed by atoms with Crippen LogP contribution in [0.3, 0.4) is 0 Å². The van der Waals surface area contributed by atoms with E-state index >= 15 is 0 Å². The van der Waals surface area contributed by atoms with Crippen LogP contribution in [0.5, 0.6) is 0 Å². The number of carbonyl (C=O) groups excluding carboxylic acids is 2. The zero-order valence-corrected chi connectivity index (χ0v) is 16.7. The fraction of sp³-hybridized carbons (Fsp3) is 0.526. The van der Waals surface area contributed by atoms with Gasteiger partial charge in [0, 0.05) is 26.2 Å². The van der Waals surface area contributed by atoms with Crippen LogP contribution in [0.2, 0.25) is 0 Å². The number of thiazole rings is 1. The number of benzene rings is 1. The molecule has 0 spiro atoms. The van der Waals surface area contributed by atoms with E-state index in [1.165, 1.54) is 4.70 Å². The maximum Gasteiger partial charge on any atom is 0.312 e. The summed E-state index contributed by atoms with van der Waals surface area (Å²) in [5, 5.41) is 3.70. The first-order chi connectivity index (χ1) is 12.9. The number of aromatic nitrogens is 1. The molecule has 3 N–H and O–H groups in total. The van der Waals surface area contributed by atoms with Crippen molar-refractivity contribution in [2.75, 3.05) is 26.2 Å². The van der Waals surface area contributed by atoms with Crippen molar-refractivity contribution in [1.82, 2.24) is 20.1 Å². The summed E-state index contributed by atoms with van der Waals surface area (Å²) in [6, 6.07) is 6.97. The van der Waals surface area contributed by atoms with Crippen molar-refractivity contribution in [1.29, 1.82) is 0 Å². The van der Waals surface area contributed by atoms with Crippen LogP contribution in [-0.4, -0.2) is 58.9 Å². The summed E-state index contributed by atoms with van der Waals surface area (Å²) < 4.78 is 1.20. The molecule has 0 aliphatic carbocycles. The molecule has 0 unspecified atom stereocenters. The van der Waals surface area contributed by atoms with Crippen molar-refractivity contribution >= 4 is 33.5 Å². The number of carbonyl (C=O) groups is 2. The van der Waals surface area contributed by atoms with Gasteiger partial charge in [0.15, 0.2) is 0 Å². The Morgan fingerprint density at radius 1 is 1.22 bits per heavy atom. The molecule has 2 aromatic rings. The number of rotatable bonds is 6. The van der Waals surface area contributed by atoms with Crippen LogP contribution in [0, 0.1) is 5.92 Å². The molecule has 1 saturated heterocycles. The van der Waals surface area contributed by atoms with E-state index < -0.39 is 12.1 Å². The van der Waals surface area contributed by atoms with Crippen molar-refractivity contribution in [2.45, 2.75) is 32.9 Å². The minimum absolute atomic E-state index is 0.0397. The Balaban J connectivity index is 1.55. The highest BCUT2D eigenvalue weighted by Crippen LogP contribution is 2.23. The lowest BCUT2D eigenvalue weighted by Gasteiger charge is -2.36. The second-order valence-corrected chi connectivity index (χ2v) is 8.48. The van der Waals surface area contributed by atoms with Gasteiger partial charge in [-0.3, -0.25) is 9.69 Å². The molecule has 8 heteroatoms. The molecule has 146 valence electrons. The monoisotopic (exact) mass is 389 g/mol. The third-order valence-corrected chi connectivity index (χ3v) is 5.72. The molecule has 1 atom stereocenters. The van der Waals surface area contributed by atoms with E-state index in [-0.39, 0.29) is 5.91 Å². The molecule has 7 nitrogen and oxygen atoms in total. The van der Waals surface area contributed by atoms with E-state index in [9.17, 15) is 9.59 Å². The van der Waals surface area contributed by atoms with Gasteiger partial charge in [0.2, 0.25) is 5.91 Å². The summed E-state index contributed by atoms with van der Waals surface area (Å²) in [6.07, 6.45) is 0.591. The maximum absolute atomic E-state index is 12.8. The topological polar surface area (TPSA) is 91.6 Å². The number of nitrogens with two attached hydrogens (primary N) is 1. The van der Waals surface area contributed by atoms with Gasteiger partial charge in [-0.15, -0.1) is 11.3 Å². The smallest absolute Gasteiger partial charge is 0.312 e. The summed E-state index contributed by atoms with van der Waals surface area (Å²) in [7, 11) is 0. The molecule has 0 saturated carbocycles. The minimum atomic E-state index is -0.650. The van der Waals surface area contributed by atoms with Crippen molar-refractivity contribution in [3.05, 3.63) is 29.3 Å². The van der Waals surface area contributed by atoms with Crippen LogP contribution >= 0.6 is 11.3 Å². The SMILES string of the molecule is CC(C)C[C@H](NC(N)=O)C(=O)N1CCN(Cc2nc3ccccc3s2)CC1. The van der Waals surface area contributed by atoms with Gasteiger partial charge in [-0.1, -0.05) is 26.0 Å². The number of piperazine rings is 1. The number of urea groups is 1. The lowest BCUT2D eigenvalue weighted by Crippen LogP contribution is -2.55. The average molecular weight is 390 g/mol. The van der Waals surface area contributed by atoms with Crippen molar-refractivity contribution < 1.29 is 9.59 Å². The van der Waals surface area contributed by atoms with Crippen LogP contribution in [0.4, 0.5) is 4.79 Å². The molecule has 1 fully saturated rings. The third-order valence-electron chi connectivity index (χ3n) is 4.70. The van der Waals surface area contributed by atoms with E-state index in [0.29, 0.717) is 25.4 Å². The van der Waals surface area contributed by atoms with Gasteiger partial charge in [0.05, 0.1) is 16.8 Å². The summed E-state index contributed by atoms with van der Waals surface area (Å²) in [5.74, 6) is 0.258. The summed E-state index contributed by atoms with van der Waals surface area (Å²) in [4.78, 5) is 32.9. The van der Waals surface area contributed by atoms with Gasteiger partial charge in [-0.2, -0.15) is 0 Å². The first kappa shape index (κ1) is 19.6. The van der Waals surface area contributed by atoms with Crippen molar-refractivity contribution in [3.63, 3.8) is 0 Å². The van der Waals surface area contributed by atoms with Crippen LogP contribution in [0.25, 0.3) is 10.2 Å². The summed E-state index contributed by atoms with van der Waals surface area (Å²) in [6.45, 7) is 7.75.